The lowest BCUT2D eigenvalue weighted by atomic mass is 9.97. The number of aryl methyl sites for hydroxylation is 2. The van der Waals surface area contributed by atoms with Gasteiger partial charge in [-0.25, -0.2) is 9.97 Å². The van der Waals surface area contributed by atoms with Crippen molar-refractivity contribution in [2.45, 2.75) is 49.3 Å². The maximum atomic E-state index is 13.1. The summed E-state index contributed by atoms with van der Waals surface area (Å²) in [5, 5.41) is 1.99. The fraction of sp³-hybridized carbons (Fsp3) is 0.381. The van der Waals surface area contributed by atoms with E-state index in [9.17, 15) is 4.79 Å². The van der Waals surface area contributed by atoms with Crippen LogP contribution in [0.15, 0.2) is 35.6 Å². The average molecular weight is 396 g/mol. The van der Waals surface area contributed by atoms with Crippen molar-refractivity contribution in [3.8, 4) is 0 Å². The maximum absolute atomic E-state index is 13.1. The number of anilines is 1. The molecule has 0 N–H and O–H groups in total. The van der Waals surface area contributed by atoms with Gasteiger partial charge in [-0.1, -0.05) is 30.0 Å². The molecule has 0 fully saturated rings. The highest BCUT2D eigenvalue weighted by molar-refractivity contribution is 8.00. The summed E-state index contributed by atoms with van der Waals surface area (Å²) in [7, 11) is 0. The van der Waals surface area contributed by atoms with Crippen molar-refractivity contribution < 1.29 is 4.79 Å². The summed E-state index contributed by atoms with van der Waals surface area (Å²) < 4.78 is 0. The van der Waals surface area contributed by atoms with E-state index in [0.29, 0.717) is 0 Å². The van der Waals surface area contributed by atoms with Gasteiger partial charge in [0.05, 0.1) is 5.25 Å². The van der Waals surface area contributed by atoms with E-state index in [4.69, 9.17) is 0 Å². The Bertz CT molecular complexity index is 1030. The second-order valence-corrected chi connectivity index (χ2v) is 9.61. The van der Waals surface area contributed by atoms with E-state index in [1.807, 2.05) is 24.0 Å². The smallest absolute Gasteiger partial charge is 0.240 e. The molecule has 2 aliphatic rings. The average Bonchev–Trinajstić information content (AvgIpc) is 3.29. The highest BCUT2D eigenvalue weighted by Gasteiger charge is 2.29. The number of thioether (sulfide) groups is 1. The van der Waals surface area contributed by atoms with Gasteiger partial charge in [0.15, 0.2) is 0 Å². The number of hydrogen-bond acceptors (Lipinski definition) is 5. The lowest BCUT2D eigenvalue weighted by Gasteiger charge is -2.21. The molecule has 27 heavy (non-hydrogen) atoms. The predicted octanol–water partition coefficient (Wildman–Crippen LogP) is 4.64. The van der Waals surface area contributed by atoms with E-state index >= 15 is 0 Å². The zero-order valence-electron chi connectivity index (χ0n) is 15.3. The number of rotatable bonds is 3. The minimum absolute atomic E-state index is 0.167. The largest absolute Gasteiger partial charge is 0.311 e. The third-order valence-electron chi connectivity index (χ3n) is 5.51. The highest BCUT2D eigenvalue weighted by atomic mass is 32.2. The molecule has 0 saturated carbocycles. The van der Waals surface area contributed by atoms with Gasteiger partial charge >= 0.3 is 0 Å². The summed E-state index contributed by atoms with van der Waals surface area (Å²) in [6, 6.07) is 8.22. The van der Waals surface area contributed by atoms with Gasteiger partial charge in [0.1, 0.15) is 16.2 Å². The number of para-hydroxylation sites is 1. The lowest BCUT2D eigenvalue weighted by molar-refractivity contribution is -0.117. The molecular weight excluding hydrogens is 374 g/mol. The molecular formula is C21H21N3OS2. The van der Waals surface area contributed by atoms with Crippen LogP contribution < -0.4 is 4.90 Å². The summed E-state index contributed by atoms with van der Waals surface area (Å²) in [4.78, 5) is 26.7. The van der Waals surface area contributed by atoms with E-state index in [1.54, 1.807) is 29.4 Å². The van der Waals surface area contributed by atoms with Crippen LogP contribution in [-0.4, -0.2) is 27.7 Å². The number of nitrogens with zero attached hydrogens (tertiary/aromatic N) is 3. The van der Waals surface area contributed by atoms with Crippen molar-refractivity contribution in [3.63, 3.8) is 0 Å². The lowest BCUT2D eigenvalue weighted by Crippen LogP contribution is -2.35. The fourth-order valence-corrected chi connectivity index (χ4v) is 6.46. The van der Waals surface area contributed by atoms with Gasteiger partial charge in [-0.2, -0.15) is 0 Å². The van der Waals surface area contributed by atoms with Gasteiger partial charge in [0.25, 0.3) is 0 Å². The second-order valence-electron chi connectivity index (χ2n) is 7.20. The number of aromatic nitrogens is 2. The Balaban J connectivity index is 1.44. The molecule has 3 aromatic rings. The Morgan fingerprint density at radius 3 is 2.96 bits per heavy atom. The summed E-state index contributed by atoms with van der Waals surface area (Å²) in [5.74, 6) is 0.167. The molecule has 0 spiro atoms. The SMILES string of the molecule is C[C@H](Sc1ncnc2sc3c(c12)CCCC3)C(=O)N1CCc2ccccc21. The van der Waals surface area contributed by atoms with Crippen molar-refractivity contribution >= 4 is 44.9 Å². The first-order chi connectivity index (χ1) is 13.2. The monoisotopic (exact) mass is 395 g/mol. The first kappa shape index (κ1) is 17.2. The second kappa shape index (κ2) is 6.91. The van der Waals surface area contributed by atoms with Crippen molar-refractivity contribution in [2.24, 2.45) is 0 Å². The summed E-state index contributed by atoms with van der Waals surface area (Å²) >= 11 is 3.39. The molecule has 138 valence electrons. The van der Waals surface area contributed by atoms with Crippen molar-refractivity contribution in [1.29, 1.82) is 0 Å². The first-order valence-electron chi connectivity index (χ1n) is 9.53. The Morgan fingerprint density at radius 1 is 1.19 bits per heavy atom. The van der Waals surface area contributed by atoms with Crippen molar-refractivity contribution in [1.82, 2.24) is 9.97 Å². The number of benzene rings is 1. The van der Waals surface area contributed by atoms with Crippen LogP contribution in [-0.2, 0) is 24.1 Å². The molecule has 0 bridgehead atoms. The number of carbonyl (C=O) groups excluding carboxylic acids is 1. The van der Waals surface area contributed by atoms with Crippen molar-refractivity contribution in [2.75, 3.05) is 11.4 Å². The topological polar surface area (TPSA) is 46.1 Å². The normalized spacial score (nSPS) is 17.0. The molecule has 6 heteroatoms. The molecule has 1 aliphatic carbocycles. The fourth-order valence-electron chi connectivity index (χ4n) is 4.16. The van der Waals surface area contributed by atoms with Gasteiger partial charge in [-0.05, 0) is 56.2 Å². The van der Waals surface area contributed by atoms with Gasteiger partial charge in [-0.3, -0.25) is 4.79 Å². The summed E-state index contributed by atoms with van der Waals surface area (Å²) in [6.45, 7) is 2.77. The highest BCUT2D eigenvalue weighted by Crippen LogP contribution is 2.40. The number of fused-ring (bicyclic) bond motifs is 4. The van der Waals surface area contributed by atoms with Gasteiger partial charge in [-0.15, -0.1) is 11.3 Å². The van der Waals surface area contributed by atoms with Crippen LogP contribution in [0.4, 0.5) is 5.69 Å². The molecule has 3 heterocycles. The summed E-state index contributed by atoms with van der Waals surface area (Å²) in [5.41, 5.74) is 3.76. The molecule has 4 nitrogen and oxygen atoms in total. The van der Waals surface area contributed by atoms with Crippen LogP contribution in [0.5, 0.6) is 0 Å². The molecule has 1 aliphatic heterocycles. The van der Waals surface area contributed by atoms with Crippen LogP contribution >= 0.6 is 23.1 Å². The van der Waals surface area contributed by atoms with E-state index in [0.717, 1.165) is 41.4 Å². The van der Waals surface area contributed by atoms with E-state index in [-0.39, 0.29) is 11.2 Å². The molecule has 1 amide bonds. The zero-order chi connectivity index (χ0) is 18.4. The quantitative estimate of drug-likeness (QED) is 0.479. The molecule has 0 radical (unpaired) electrons. The van der Waals surface area contributed by atoms with Gasteiger partial charge in [0, 0.05) is 22.5 Å². The van der Waals surface area contributed by atoms with E-state index in [1.165, 1.54) is 34.2 Å². The van der Waals surface area contributed by atoms with Crippen LogP contribution in [0.2, 0.25) is 0 Å². The number of amides is 1. The van der Waals surface area contributed by atoms with Crippen molar-refractivity contribution in [3.05, 3.63) is 46.6 Å². The Hall–Kier alpha value is -1.92. The van der Waals surface area contributed by atoms with Crippen LogP contribution in [0, 0.1) is 0 Å². The standard InChI is InChI=1S/C21H21N3OS2/c1-13(21(25)24-11-10-14-6-2-4-8-16(14)24)26-19-18-15-7-3-5-9-17(15)27-20(18)23-12-22-19/h2,4,6,8,12-13H,3,5,7,9-11H2,1H3/t13-/m0/s1. The predicted molar refractivity (Wildman–Crippen MR) is 112 cm³/mol. The minimum atomic E-state index is -0.173. The van der Waals surface area contributed by atoms with Crippen LogP contribution in [0.1, 0.15) is 35.8 Å². The van der Waals surface area contributed by atoms with E-state index < -0.39 is 0 Å². The number of thiophene rings is 1. The van der Waals surface area contributed by atoms with E-state index in [2.05, 4.69) is 22.1 Å². The molecule has 1 aromatic carbocycles. The third-order valence-corrected chi connectivity index (χ3v) is 7.79. The number of hydrogen-bond donors (Lipinski definition) is 0. The molecule has 0 saturated heterocycles. The third kappa shape index (κ3) is 2.95. The summed E-state index contributed by atoms with van der Waals surface area (Å²) in [6.07, 6.45) is 7.34. The first-order valence-corrected chi connectivity index (χ1v) is 11.2. The number of carbonyl (C=O) groups is 1. The minimum Gasteiger partial charge on any atom is -0.311 e. The zero-order valence-corrected chi connectivity index (χ0v) is 16.9. The van der Waals surface area contributed by atoms with Gasteiger partial charge < -0.3 is 4.90 Å². The van der Waals surface area contributed by atoms with Crippen LogP contribution in [0.25, 0.3) is 10.2 Å². The Labute approximate surface area is 167 Å². The molecule has 1 atom stereocenters. The van der Waals surface area contributed by atoms with Gasteiger partial charge in [0.2, 0.25) is 5.91 Å². The molecule has 0 unspecified atom stereocenters. The molecule has 2 aromatic heterocycles. The molecule has 5 rings (SSSR count). The Morgan fingerprint density at radius 2 is 2.04 bits per heavy atom. The van der Waals surface area contributed by atoms with Crippen LogP contribution in [0.3, 0.4) is 0 Å². The Kier molecular flexibility index (Phi) is 4.40. The maximum Gasteiger partial charge on any atom is 0.240 e.